The zero-order valence-corrected chi connectivity index (χ0v) is 16.9. The van der Waals surface area contributed by atoms with Crippen LogP contribution >= 0.6 is 0 Å². The number of aliphatic imine (C=N–C) groups is 1. The van der Waals surface area contributed by atoms with Gasteiger partial charge in [0, 0.05) is 23.9 Å². The van der Waals surface area contributed by atoms with Gasteiger partial charge in [-0.25, -0.2) is 4.39 Å². The average molecular weight is 416 g/mol. The van der Waals surface area contributed by atoms with Crippen LogP contribution in [0.2, 0.25) is 0 Å². The molecule has 1 atom stereocenters. The molecule has 2 N–H and O–H groups in total. The largest absolute Gasteiger partial charge is 0.314 e. The van der Waals surface area contributed by atoms with E-state index in [2.05, 4.69) is 4.99 Å². The van der Waals surface area contributed by atoms with E-state index >= 15 is 0 Å². The molecule has 156 valence electrons. The maximum Gasteiger partial charge on any atom is 0.266 e. The highest BCUT2D eigenvalue weighted by Gasteiger charge is 2.32. The fourth-order valence-electron chi connectivity index (χ4n) is 3.52. The van der Waals surface area contributed by atoms with E-state index in [-0.39, 0.29) is 23.7 Å². The number of benzodiazepines with no additional fused rings is 1. The van der Waals surface area contributed by atoms with Crippen molar-refractivity contribution in [2.75, 3.05) is 23.4 Å². The van der Waals surface area contributed by atoms with Crippen LogP contribution in [0.25, 0.3) is 0 Å². The first-order valence-corrected chi connectivity index (χ1v) is 9.78. The Bertz CT molecular complexity index is 1160. The minimum Gasteiger partial charge on any atom is -0.314 e. The molecule has 6 nitrogen and oxygen atoms in total. The fourth-order valence-corrected chi connectivity index (χ4v) is 3.52. The van der Waals surface area contributed by atoms with E-state index in [1.807, 2.05) is 18.2 Å². The van der Waals surface area contributed by atoms with Gasteiger partial charge in [0.15, 0.2) is 6.17 Å². The molecular formula is C24H21FN4O2. The predicted molar refractivity (Wildman–Crippen MR) is 119 cm³/mol. The second-order valence-corrected chi connectivity index (χ2v) is 7.13. The summed E-state index contributed by atoms with van der Waals surface area (Å²) < 4.78 is 14.5. The van der Waals surface area contributed by atoms with Crippen LogP contribution in [0.1, 0.15) is 11.1 Å². The molecule has 0 aliphatic carbocycles. The Morgan fingerprint density at radius 3 is 2.32 bits per heavy atom. The van der Waals surface area contributed by atoms with Gasteiger partial charge in [-0.15, -0.1) is 0 Å². The third kappa shape index (κ3) is 3.95. The quantitative estimate of drug-likeness (QED) is 0.710. The Morgan fingerprint density at radius 1 is 1.00 bits per heavy atom. The first-order valence-electron chi connectivity index (χ1n) is 9.78. The van der Waals surface area contributed by atoms with Gasteiger partial charge in [0.25, 0.3) is 5.91 Å². The van der Waals surface area contributed by atoms with Crippen molar-refractivity contribution in [3.63, 3.8) is 0 Å². The lowest BCUT2D eigenvalue weighted by Gasteiger charge is -2.26. The Balaban J connectivity index is 1.74. The summed E-state index contributed by atoms with van der Waals surface area (Å²) in [5.41, 5.74) is 8.28. The molecule has 3 aromatic rings. The van der Waals surface area contributed by atoms with Crippen molar-refractivity contribution in [1.29, 1.82) is 0 Å². The van der Waals surface area contributed by atoms with Crippen LogP contribution in [0.5, 0.6) is 0 Å². The van der Waals surface area contributed by atoms with Gasteiger partial charge in [0.2, 0.25) is 5.91 Å². The molecule has 0 radical (unpaired) electrons. The van der Waals surface area contributed by atoms with Gasteiger partial charge in [-0.05, 0) is 30.3 Å². The molecule has 31 heavy (non-hydrogen) atoms. The van der Waals surface area contributed by atoms with Crippen molar-refractivity contribution in [3.05, 3.63) is 95.8 Å². The molecule has 1 heterocycles. The first-order chi connectivity index (χ1) is 15.0. The van der Waals surface area contributed by atoms with Gasteiger partial charge in [-0.3, -0.25) is 19.5 Å². The highest BCUT2D eigenvalue weighted by atomic mass is 19.1. The summed E-state index contributed by atoms with van der Waals surface area (Å²) in [5, 5.41) is 0. The maximum atomic E-state index is 14.5. The molecule has 0 spiro atoms. The van der Waals surface area contributed by atoms with Crippen molar-refractivity contribution in [2.45, 2.75) is 6.17 Å². The molecule has 7 heteroatoms. The number of rotatable bonds is 4. The fraction of sp³-hybridized carbons (Fsp3) is 0.125. The van der Waals surface area contributed by atoms with E-state index in [0.717, 1.165) is 0 Å². The SMILES string of the molecule is CN(C(=O)CN1C(=O)C(N)N=C(c2ccccc2F)c2ccccc21)c1ccccc1. The molecule has 1 aliphatic heterocycles. The number of hydrogen-bond donors (Lipinski definition) is 1. The van der Waals surface area contributed by atoms with Crippen LogP contribution in [-0.2, 0) is 9.59 Å². The lowest BCUT2D eigenvalue weighted by Crippen LogP contribution is -2.47. The molecule has 4 rings (SSSR count). The number of nitrogens with zero attached hydrogens (tertiary/aromatic N) is 3. The highest BCUT2D eigenvalue weighted by Crippen LogP contribution is 2.29. The molecular weight excluding hydrogens is 395 g/mol. The summed E-state index contributed by atoms with van der Waals surface area (Å²) >= 11 is 0. The van der Waals surface area contributed by atoms with Crippen molar-refractivity contribution in [1.82, 2.24) is 0 Å². The number of nitrogens with two attached hydrogens (primary N) is 1. The van der Waals surface area contributed by atoms with Crippen molar-refractivity contribution in [3.8, 4) is 0 Å². The van der Waals surface area contributed by atoms with Gasteiger partial charge in [0.1, 0.15) is 12.4 Å². The van der Waals surface area contributed by atoms with Crippen LogP contribution in [0.15, 0.2) is 83.9 Å². The topological polar surface area (TPSA) is 79.0 Å². The predicted octanol–water partition coefficient (Wildman–Crippen LogP) is 2.96. The lowest BCUT2D eigenvalue weighted by atomic mass is 9.99. The molecule has 0 fully saturated rings. The Morgan fingerprint density at radius 2 is 1.61 bits per heavy atom. The van der Waals surface area contributed by atoms with Crippen LogP contribution < -0.4 is 15.5 Å². The average Bonchev–Trinajstić information content (AvgIpc) is 2.90. The van der Waals surface area contributed by atoms with Crippen LogP contribution in [0.3, 0.4) is 0 Å². The van der Waals surface area contributed by atoms with Crippen LogP contribution in [0, 0.1) is 5.82 Å². The number of amides is 2. The van der Waals surface area contributed by atoms with Gasteiger partial charge in [0.05, 0.1) is 11.4 Å². The van der Waals surface area contributed by atoms with Crippen molar-refractivity contribution in [2.24, 2.45) is 10.7 Å². The zero-order chi connectivity index (χ0) is 22.0. The van der Waals surface area contributed by atoms with E-state index in [0.29, 0.717) is 16.9 Å². The molecule has 2 amide bonds. The van der Waals surface area contributed by atoms with E-state index in [1.54, 1.807) is 61.6 Å². The summed E-state index contributed by atoms with van der Waals surface area (Å²) in [6, 6.07) is 22.3. The Labute approximate surface area is 179 Å². The molecule has 1 aliphatic rings. The molecule has 0 saturated carbocycles. The monoisotopic (exact) mass is 416 g/mol. The third-order valence-electron chi connectivity index (χ3n) is 5.18. The number of para-hydroxylation sites is 2. The number of anilines is 2. The molecule has 1 unspecified atom stereocenters. The number of halogens is 1. The van der Waals surface area contributed by atoms with Gasteiger partial charge in [-0.2, -0.15) is 0 Å². The Kier molecular flexibility index (Phi) is 5.60. The first kappa shape index (κ1) is 20.4. The van der Waals surface area contributed by atoms with Gasteiger partial charge < -0.3 is 10.6 Å². The highest BCUT2D eigenvalue weighted by molar-refractivity contribution is 6.21. The van der Waals surface area contributed by atoms with Crippen molar-refractivity contribution >= 4 is 28.9 Å². The number of hydrogen-bond acceptors (Lipinski definition) is 4. The summed E-state index contributed by atoms with van der Waals surface area (Å²) in [6.07, 6.45) is -1.27. The third-order valence-corrected chi connectivity index (χ3v) is 5.18. The number of carbonyl (C=O) groups is 2. The lowest BCUT2D eigenvalue weighted by molar-refractivity contribution is -0.123. The summed E-state index contributed by atoms with van der Waals surface area (Å²) in [5.74, 6) is -1.30. The van der Waals surface area contributed by atoms with E-state index < -0.39 is 17.9 Å². The maximum absolute atomic E-state index is 14.5. The van der Waals surface area contributed by atoms with E-state index in [1.165, 1.54) is 15.9 Å². The van der Waals surface area contributed by atoms with Crippen LogP contribution in [-0.4, -0.2) is 37.3 Å². The number of carbonyl (C=O) groups excluding carboxylic acids is 2. The van der Waals surface area contributed by atoms with Gasteiger partial charge >= 0.3 is 0 Å². The second kappa shape index (κ2) is 8.49. The van der Waals surface area contributed by atoms with E-state index in [4.69, 9.17) is 5.73 Å². The number of benzene rings is 3. The summed E-state index contributed by atoms with van der Waals surface area (Å²) in [4.78, 5) is 33.2. The molecule has 0 bridgehead atoms. The van der Waals surface area contributed by atoms with Crippen LogP contribution in [0.4, 0.5) is 15.8 Å². The smallest absolute Gasteiger partial charge is 0.266 e. The second-order valence-electron chi connectivity index (χ2n) is 7.13. The zero-order valence-electron chi connectivity index (χ0n) is 16.9. The summed E-state index contributed by atoms with van der Waals surface area (Å²) in [6.45, 7) is -0.227. The minimum atomic E-state index is -1.27. The van der Waals surface area contributed by atoms with Gasteiger partial charge in [-0.1, -0.05) is 48.5 Å². The number of likely N-dealkylation sites (N-methyl/N-ethyl adjacent to an activating group) is 1. The van der Waals surface area contributed by atoms with E-state index in [9.17, 15) is 14.0 Å². The standard InChI is InChI=1S/C24H21FN4O2/c1-28(16-9-3-2-4-10-16)21(30)15-29-20-14-8-6-12-18(20)22(27-23(26)24(29)31)17-11-5-7-13-19(17)25/h2-14,23H,15,26H2,1H3. The normalized spacial score (nSPS) is 15.7. The number of fused-ring (bicyclic) bond motifs is 1. The molecule has 0 aromatic heterocycles. The molecule has 0 saturated heterocycles. The summed E-state index contributed by atoms with van der Waals surface area (Å²) in [7, 11) is 1.65. The Hall–Kier alpha value is -3.84. The van der Waals surface area contributed by atoms with Crippen molar-refractivity contribution < 1.29 is 14.0 Å². The molecule has 3 aromatic carbocycles. The minimum absolute atomic E-state index is 0.227.